The second kappa shape index (κ2) is 4.65. The van der Waals surface area contributed by atoms with E-state index in [4.69, 9.17) is 0 Å². The molecule has 0 aromatic carbocycles. The number of aliphatic imine (C=N–C) groups is 2. The van der Waals surface area contributed by atoms with Gasteiger partial charge in [-0.1, -0.05) is 0 Å². The van der Waals surface area contributed by atoms with Gasteiger partial charge in [0.2, 0.25) is 12.2 Å². The fourth-order valence-corrected chi connectivity index (χ4v) is 0.221. The number of isocyanates is 2. The quantitative estimate of drug-likeness (QED) is 0.398. The first-order chi connectivity index (χ1) is 4.31. The molecule has 9 heavy (non-hydrogen) atoms. The summed E-state index contributed by atoms with van der Waals surface area (Å²) < 4.78 is 0. The highest BCUT2D eigenvalue weighted by Crippen LogP contribution is 1.90. The maximum Gasteiger partial charge on any atom is 0.240 e. The van der Waals surface area contributed by atoms with Crippen molar-refractivity contribution in [3.8, 4) is 0 Å². The van der Waals surface area contributed by atoms with Crippen molar-refractivity contribution in [2.24, 2.45) is 9.98 Å². The fraction of sp³-hybridized carbons (Fsp3) is 0.200. The molecule has 0 atom stereocenters. The van der Waals surface area contributed by atoms with Crippen LogP contribution in [0.2, 0.25) is 0 Å². The summed E-state index contributed by atoms with van der Waals surface area (Å²) in [6, 6.07) is 0. The average molecular weight is 124 g/mol. The monoisotopic (exact) mass is 124 g/mol. The molecule has 4 heteroatoms. The molecule has 0 spiro atoms. The van der Waals surface area contributed by atoms with Gasteiger partial charge in [-0.15, -0.1) is 0 Å². The minimum atomic E-state index is 0.327. The molecule has 0 aromatic rings. The lowest BCUT2D eigenvalue weighted by molar-refractivity contribution is 0.563. The Labute approximate surface area is 51.6 Å². The van der Waals surface area contributed by atoms with E-state index in [1.165, 1.54) is 19.1 Å². The van der Waals surface area contributed by atoms with Gasteiger partial charge in [0.25, 0.3) is 0 Å². The minimum Gasteiger partial charge on any atom is -0.211 e. The molecule has 0 aromatic heterocycles. The molecule has 0 aliphatic rings. The van der Waals surface area contributed by atoms with Crippen molar-refractivity contribution in [3.63, 3.8) is 0 Å². The minimum absolute atomic E-state index is 0.327. The van der Waals surface area contributed by atoms with Crippen LogP contribution < -0.4 is 0 Å². The molecule has 0 heterocycles. The molecule has 0 aliphatic heterocycles. The van der Waals surface area contributed by atoms with Crippen molar-refractivity contribution >= 4 is 12.2 Å². The third-order valence-corrected chi connectivity index (χ3v) is 0.526. The Bertz CT molecular complexity index is 207. The third kappa shape index (κ3) is 4.35. The first kappa shape index (κ1) is 7.50. The van der Waals surface area contributed by atoms with Crippen molar-refractivity contribution in [2.45, 2.75) is 6.92 Å². The van der Waals surface area contributed by atoms with Crippen molar-refractivity contribution in [2.75, 3.05) is 0 Å². The van der Waals surface area contributed by atoms with Gasteiger partial charge < -0.3 is 0 Å². The van der Waals surface area contributed by atoms with Crippen LogP contribution in [0, 0.1) is 0 Å². The zero-order valence-electron chi connectivity index (χ0n) is 4.79. The highest BCUT2D eigenvalue weighted by atomic mass is 16.1. The third-order valence-electron chi connectivity index (χ3n) is 0.526. The van der Waals surface area contributed by atoms with E-state index in [0.717, 1.165) is 6.20 Å². The zero-order chi connectivity index (χ0) is 7.11. The van der Waals surface area contributed by atoms with Gasteiger partial charge in [0.15, 0.2) is 0 Å². The van der Waals surface area contributed by atoms with Gasteiger partial charge in [-0.05, 0) is 6.92 Å². The molecule has 0 rings (SSSR count). The summed E-state index contributed by atoms with van der Waals surface area (Å²) in [5.74, 6) is 0. The Morgan fingerprint density at radius 3 is 2.56 bits per heavy atom. The summed E-state index contributed by atoms with van der Waals surface area (Å²) in [5.41, 5.74) is 0.327. The molecule has 0 radical (unpaired) electrons. The summed E-state index contributed by atoms with van der Waals surface area (Å²) in [6.07, 6.45) is 3.68. The van der Waals surface area contributed by atoms with Gasteiger partial charge in [-0.3, -0.25) is 0 Å². The Morgan fingerprint density at radius 2 is 2.11 bits per heavy atom. The summed E-state index contributed by atoms with van der Waals surface area (Å²) in [7, 11) is 0. The molecule has 0 unspecified atom stereocenters. The molecule has 0 N–H and O–H groups in total. The van der Waals surface area contributed by atoms with Crippen molar-refractivity contribution < 1.29 is 9.59 Å². The number of allylic oxidation sites excluding steroid dienone is 1. The van der Waals surface area contributed by atoms with E-state index in [0.29, 0.717) is 5.70 Å². The average Bonchev–Trinajstić information content (AvgIpc) is 1.85. The standard InChI is InChI=1S/C5H4N2O2/c1-5(7-4-9)2-6-3-8/h2H,1H3/b5-2-. The Balaban J connectivity index is 4.15. The predicted molar refractivity (Wildman–Crippen MR) is 30.0 cm³/mol. The molecule has 0 fully saturated rings. The molecule has 0 saturated carbocycles. The highest BCUT2D eigenvalue weighted by molar-refractivity contribution is 5.38. The van der Waals surface area contributed by atoms with Gasteiger partial charge in [0.05, 0.1) is 11.9 Å². The summed E-state index contributed by atoms with van der Waals surface area (Å²) in [6.45, 7) is 1.52. The normalized spacial score (nSPS) is 9.22. The van der Waals surface area contributed by atoms with Crippen molar-refractivity contribution in [1.29, 1.82) is 0 Å². The first-order valence-electron chi connectivity index (χ1n) is 2.13. The van der Waals surface area contributed by atoms with E-state index in [2.05, 4.69) is 9.98 Å². The molecule has 0 saturated heterocycles. The van der Waals surface area contributed by atoms with E-state index in [1.807, 2.05) is 0 Å². The molecule has 0 aliphatic carbocycles. The van der Waals surface area contributed by atoms with Crippen molar-refractivity contribution in [1.82, 2.24) is 0 Å². The maximum atomic E-state index is 9.51. The zero-order valence-corrected chi connectivity index (χ0v) is 4.79. The second-order valence-corrected chi connectivity index (χ2v) is 1.19. The topological polar surface area (TPSA) is 58.9 Å². The molecular formula is C5H4N2O2. The van der Waals surface area contributed by atoms with Gasteiger partial charge in [-0.2, -0.15) is 9.98 Å². The number of nitrogens with zero attached hydrogens (tertiary/aromatic N) is 2. The molecular weight excluding hydrogens is 120 g/mol. The van der Waals surface area contributed by atoms with E-state index in [9.17, 15) is 9.59 Å². The van der Waals surface area contributed by atoms with Gasteiger partial charge in [-0.25, -0.2) is 9.59 Å². The van der Waals surface area contributed by atoms with E-state index in [1.54, 1.807) is 0 Å². The van der Waals surface area contributed by atoms with Crippen molar-refractivity contribution in [3.05, 3.63) is 11.9 Å². The van der Waals surface area contributed by atoms with Crippen LogP contribution in [0.1, 0.15) is 6.92 Å². The van der Waals surface area contributed by atoms with Crippen LogP contribution in [-0.2, 0) is 9.59 Å². The maximum absolute atomic E-state index is 9.51. The molecule has 0 bridgehead atoms. The molecule has 46 valence electrons. The van der Waals surface area contributed by atoms with E-state index < -0.39 is 0 Å². The summed E-state index contributed by atoms with van der Waals surface area (Å²) >= 11 is 0. The molecule has 0 amide bonds. The van der Waals surface area contributed by atoms with E-state index >= 15 is 0 Å². The summed E-state index contributed by atoms with van der Waals surface area (Å²) in [4.78, 5) is 25.1. The lowest BCUT2D eigenvalue weighted by Crippen LogP contribution is -1.64. The van der Waals surface area contributed by atoms with Gasteiger partial charge in [0, 0.05) is 0 Å². The fourth-order valence-electron chi connectivity index (χ4n) is 0.221. The van der Waals surface area contributed by atoms with Gasteiger partial charge in [0.1, 0.15) is 0 Å². The smallest absolute Gasteiger partial charge is 0.211 e. The lowest BCUT2D eigenvalue weighted by Gasteiger charge is -1.76. The Hall–Kier alpha value is -1.50. The number of hydrogen-bond donors (Lipinski definition) is 0. The van der Waals surface area contributed by atoms with E-state index in [-0.39, 0.29) is 0 Å². The molecule has 4 nitrogen and oxygen atoms in total. The van der Waals surface area contributed by atoms with Crippen LogP contribution in [0.15, 0.2) is 21.9 Å². The number of rotatable bonds is 2. The number of hydrogen-bond acceptors (Lipinski definition) is 4. The Morgan fingerprint density at radius 1 is 1.44 bits per heavy atom. The Kier molecular flexibility index (Phi) is 3.88. The largest absolute Gasteiger partial charge is 0.240 e. The van der Waals surface area contributed by atoms with Gasteiger partial charge >= 0.3 is 0 Å². The number of carbonyl (C=O) groups excluding carboxylic acids is 2. The van der Waals surface area contributed by atoms with Crippen LogP contribution >= 0.6 is 0 Å². The highest BCUT2D eigenvalue weighted by Gasteiger charge is 1.76. The van der Waals surface area contributed by atoms with Crippen LogP contribution in [-0.4, -0.2) is 12.2 Å². The van der Waals surface area contributed by atoms with Crippen LogP contribution in [0.25, 0.3) is 0 Å². The van der Waals surface area contributed by atoms with Crippen LogP contribution in [0.4, 0.5) is 0 Å². The second-order valence-electron chi connectivity index (χ2n) is 1.19. The predicted octanol–water partition coefficient (Wildman–Crippen LogP) is 0.519. The van der Waals surface area contributed by atoms with Crippen LogP contribution in [0.3, 0.4) is 0 Å². The first-order valence-corrected chi connectivity index (χ1v) is 2.13. The lowest BCUT2D eigenvalue weighted by atomic mass is 10.6. The summed E-state index contributed by atoms with van der Waals surface area (Å²) in [5, 5.41) is 0. The SMILES string of the molecule is C/C(=C/N=C=O)N=C=O. The van der Waals surface area contributed by atoms with Crippen LogP contribution in [0.5, 0.6) is 0 Å².